The molecule has 7 nitrogen and oxygen atoms in total. The number of aliphatic carboxylic acids is 1. The number of H-pyrrole nitrogens is 1. The number of carbonyl (C=O) groups excluding carboxylic acids is 1. The summed E-state index contributed by atoms with van der Waals surface area (Å²) >= 11 is 0. The minimum absolute atomic E-state index is 0.0992. The molecule has 1 aromatic heterocycles. The van der Waals surface area contributed by atoms with Gasteiger partial charge in [0.05, 0.1) is 0 Å². The zero-order valence-corrected chi connectivity index (χ0v) is 10.4. The number of hydrogen-bond donors (Lipinski definition) is 4. The van der Waals surface area contributed by atoms with Crippen molar-refractivity contribution in [3.05, 3.63) is 47.8 Å². The predicted octanol–water partition coefficient (Wildman–Crippen LogP) is 0.541. The average molecular weight is 275 g/mol. The molecule has 1 amide bonds. The first kappa shape index (κ1) is 13.6. The van der Waals surface area contributed by atoms with Gasteiger partial charge in [0.25, 0.3) is 5.91 Å². The first-order valence-corrected chi connectivity index (χ1v) is 5.87. The van der Waals surface area contributed by atoms with Crippen LogP contribution in [-0.2, 0) is 11.2 Å². The van der Waals surface area contributed by atoms with E-state index in [0.29, 0.717) is 5.56 Å². The molecule has 0 saturated carbocycles. The molecule has 7 heteroatoms. The minimum atomic E-state index is -1.13. The van der Waals surface area contributed by atoms with Crippen molar-refractivity contribution in [2.24, 2.45) is 0 Å². The van der Waals surface area contributed by atoms with Gasteiger partial charge in [0.1, 0.15) is 17.5 Å². The Hall–Kier alpha value is -2.83. The van der Waals surface area contributed by atoms with Crippen molar-refractivity contribution in [1.82, 2.24) is 15.5 Å². The number of amides is 1. The fourth-order valence-corrected chi connectivity index (χ4v) is 1.69. The maximum atomic E-state index is 11.8. The van der Waals surface area contributed by atoms with E-state index >= 15 is 0 Å². The van der Waals surface area contributed by atoms with Gasteiger partial charge in [-0.3, -0.25) is 9.89 Å². The van der Waals surface area contributed by atoms with Gasteiger partial charge in [0.2, 0.25) is 0 Å². The molecule has 4 N–H and O–H groups in total. The summed E-state index contributed by atoms with van der Waals surface area (Å²) in [5, 5.41) is 26.8. The predicted molar refractivity (Wildman–Crippen MR) is 69.3 cm³/mol. The summed E-state index contributed by atoms with van der Waals surface area (Å²) in [6.45, 7) is 0. The molecule has 2 aromatic rings. The lowest BCUT2D eigenvalue weighted by Crippen LogP contribution is -2.42. The van der Waals surface area contributed by atoms with Gasteiger partial charge in [-0.05, 0) is 23.8 Å². The second kappa shape index (κ2) is 5.87. The smallest absolute Gasteiger partial charge is 0.326 e. The number of nitrogens with one attached hydrogen (secondary N) is 2. The second-order valence-electron chi connectivity index (χ2n) is 4.21. The van der Waals surface area contributed by atoms with Crippen LogP contribution in [0.4, 0.5) is 0 Å². The summed E-state index contributed by atoms with van der Waals surface area (Å²) in [7, 11) is 0. The van der Waals surface area contributed by atoms with Crippen molar-refractivity contribution in [3.8, 4) is 5.75 Å². The lowest BCUT2D eigenvalue weighted by molar-refractivity contribution is -0.139. The number of carboxylic acids is 1. The SMILES string of the molecule is O=C(N[C@@H](Cc1ccc(O)cc1)C(=O)O)c1ccn[nH]1. The molecule has 104 valence electrons. The van der Waals surface area contributed by atoms with Gasteiger partial charge in [-0.25, -0.2) is 4.79 Å². The van der Waals surface area contributed by atoms with E-state index in [4.69, 9.17) is 5.11 Å². The fraction of sp³-hybridized carbons (Fsp3) is 0.154. The number of aromatic amines is 1. The third-order valence-electron chi connectivity index (χ3n) is 2.72. The number of carbonyl (C=O) groups is 2. The molecule has 20 heavy (non-hydrogen) atoms. The highest BCUT2D eigenvalue weighted by atomic mass is 16.4. The molecular formula is C13H13N3O4. The molecule has 0 aliphatic heterocycles. The molecule has 0 aliphatic rings. The molecule has 0 saturated heterocycles. The summed E-state index contributed by atoms with van der Waals surface area (Å²) < 4.78 is 0. The van der Waals surface area contributed by atoms with E-state index in [2.05, 4.69) is 15.5 Å². The van der Waals surface area contributed by atoms with Crippen molar-refractivity contribution in [2.45, 2.75) is 12.5 Å². The van der Waals surface area contributed by atoms with E-state index in [1.54, 1.807) is 12.1 Å². The van der Waals surface area contributed by atoms with Crippen LogP contribution in [0.25, 0.3) is 0 Å². The zero-order valence-electron chi connectivity index (χ0n) is 10.4. The third-order valence-corrected chi connectivity index (χ3v) is 2.72. The number of nitrogens with zero attached hydrogens (tertiary/aromatic N) is 1. The maximum absolute atomic E-state index is 11.8. The van der Waals surface area contributed by atoms with Crippen LogP contribution >= 0.6 is 0 Å². The molecule has 1 heterocycles. The largest absolute Gasteiger partial charge is 0.508 e. The van der Waals surface area contributed by atoms with E-state index < -0.39 is 17.9 Å². The maximum Gasteiger partial charge on any atom is 0.326 e. The van der Waals surface area contributed by atoms with Gasteiger partial charge in [-0.2, -0.15) is 5.10 Å². The Balaban J connectivity index is 2.06. The Morgan fingerprint density at radius 2 is 1.95 bits per heavy atom. The Bertz CT molecular complexity index is 593. The highest BCUT2D eigenvalue weighted by molar-refractivity contribution is 5.94. The number of rotatable bonds is 5. The molecule has 1 atom stereocenters. The minimum Gasteiger partial charge on any atom is -0.508 e. The molecule has 1 aromatic carbocycles. The summed E-state index contributed by atoms with van der Waals surface area (Å²) in [5.41, 5.74) is 0.891. The van der Waals surface area contributed by atoms with Crippen LogP contribution in [0.5, 0.6) is 5.75 Å². The molecule has 0 aliphatic carbocycles. The lowest BCUT2D eigenvalue weighted by Gasteiger charge is -2.14. The summed E-state index contributed by atoms with van der Waals surface area (Å²) in [5.74, 6) is -1.57. The van der Waals surface area contributed by atoms with Crippen molar-refractivity contribution < 1.29 is 19.8 Å². The number of aromatic hydroxyl groups is 1. The van der Waals surface area contributed by atoms with Crippen molar-refractivity contribution >= 4 is 11.9 Å². The molecule has 0 bridgehead atoms. The van der Waals surface area contributed by atoms with E-state index in [-0.39, 0.29) is 17.9 Å². The van der Waals surface area contributed by atoms with Gasteiger partial charge >= 0.3 is 5.97 Å². The summed E-state index contributed by atoms with van der Waals surface area (Å²) in [6, 6.07) is 6.53. The van der Waals surface area contributed by atoms with Crippen LogP contribution < -0.4 is 5.32 Å². The van der Waals surface area contributed by atoms with Crippen molar-refractivity contribution in [3.63, 3.8) is 0 Å². The van der Waals surface area contributed by atoms with Crippen molar-refractivity contribution in [1.29, 1.82) is 0 Å². The van der Waals surface area contributed by atoms with Crippen LogP contribution in [0.15, 0.2) is 36.5 Å². The standard InChI is InChI=1S/C13H13N3O4/c17-9-3-1-8(2-4-9)7-11(13(19)20)15-12(18)10-5-6-14-16-10/h1-6,11,17H,7H2,(H,14,16)(H,15,18)(H,19,20)/t11-/m0/s1. The quantitative estimate of drug-likeness (QED) is 0.635. The number of carboxylic acid groups (broad SMARTS) is 1. The third kappa shape index (κ3) is 3.35. The molecule has 2 rings (SSSR count). The molecule has 0 radical (unpaired) electrons. The fourth-order valence-electron chi connectivity index (χ4n) is 1.69. The second-order valence-corrected chi connectivity index (χ2v) is 4.21. The Morgan fingerprint density at radius 1 is 1.25 bits per heavy atom. The van der Waals surface area contributed by atoms with E-state index in [1.807, 2.05) is 0 Å². The van der Waals surface area contributed by atoms with Gasteiger partial charge in [-0.1, -0.05) is 12.1 Å². The zero-order chi connectivity index (χ0) is 14.5. The van der Waals surface area contributed by atoms with E-state index in [1.165, 1.54) is 24.4 Å². The van der Waals surface area contributed by atoms with E-state index in [0.717, 1.165) is 0 Å². The first-order chi connectivity index (χ1) is 9.56. The molecule has 0 fully saturated rings. The normalized spacial score (nSPS) is 11.8. The topological polar surface area (TPSA) is 115 Å². The monoisotopic (exact) mass is 275 g/mol. The lowest BCUT2D eigenvalue weighted by atomic mass is 10.1. The van der Waals surface area contributed by atoms with Gasteiger partial charge < -0.3 is 15.5 Å². The Morgan fingerprint density at radius 3 is 2.50 bits per heavy atom. The highest BCUT2D eigenvalue weighted by Crippen LogP contribution is 2.11. The van der Waals surface area contributed by atoms with Gasteiger partial charge in [-0.15, -0.1) is 0 Å². The Labute approximate surface area is 114 Å². The van der Waals surface area contributed by atoms with Crippen LogP contribution in [0.2, 0.25) is 0 Å². The number of benzene rings is 1. The molecule has 0 spiro atoms. The Kier molecular flexibility index (Phi) is 3.99. The molecule has 0 unspecified atom stereocenters. The summed E-state index contributed by atoms with van der Waals surface area (Å²) in [6.07, 6.45) is 1.53. The van der Waals surface area contributed by atoms with Crippen molar-refractivity contribution in [2.75, 3.05) is 0 Å². The summed E-state index contributed by atoms with van der Waals surface area (Å²) in [4.78, 5) is 23.0. The number of phenols is 1. The van der Waals surface area contributed by atoms with E-state index in [9.17, 15) is 14.7 Å². The average Bonchev–Trinajstić information content (AvgIpc) is 2.94. The van der Waals surface area contributed by atoms with Crippen LogP contribution in [0.3, 0.4) is 0 Å². The van der Waals surface area contributed by atoms with Crippen LogP contribution in [0, 0.1) is 0 Å². The number of aromatic nitrogens is 2. The van der Waals surface area contributed by atoms with Gasteiger partial charge in [0, 0.05) is 12.6 Å². The number of phenolic OH excluding ortho intramolecular Hbond substituents is 1. The number of hydrogen-bond acceptors (Lipinski definition) is 4. The van der Waals surface area contributed by atoms with Crippen LogP contribution in [-0.4, -0.2) is 38.3 Å². The highest BCUT2D eigenvalue weighted by Gasteiger charge is 2.21. The van der Waals surface area contributed by atoms with Crippen LogP contribution in [0.1, 0.15) is 16.1 Å². The first-order valence-electron chi connectivity index (χ1n) is 5.87. The van der Waals surface area contributed by atoms with Gasteiger partial charge in [0.15, 0.2) is 0 Å². The molecular weight excluding hydrogens is 262 g/mol.